The van der Waals surface area contributed by atoms with Gasteiger partial charge in [0.2, 0.25) is 0 Å². The number of imidazole rings is 1. The highest BCUT2D eigenvalue weighted by molar-refractivity contribution is 7.84. The molecular formula is C21H20F2N6O5S. The van der Waals surface area contributed by atoms with Crippen LogP contribution in [0.3, 0.4) is 0 Å². The lowest BCUT2D eigenvalue weighted by molar-refractivity contribution is 0.102. The van der Waals surface area contributed by atoms with Crippen molar-refractivity contribution in [1.29, 1.82) is 0 Å². The zero-order valence-corrected chi connectivity index (χ0v) is 19.1. The zero-order chi connectivity index (χ0) is 25.2. The molecule has 0 aliphatic heterocycles. The van der Waals surface area contributed by atoms with Crippen LogP contribution in [0, 0.1) is 18.6 Å². The van der Waals surface area contributed by atoms with Crippen LogP contribution >= 0.6 is 0 Å². The third-order valence-corrected chi connectivity index (χ3v) is 5.39. The van der Waals surface area contributed by atoms with Crippen molar-refractivity contribution < 1.29 is 30.9 Å². The topological polar surface area (TPSA) is 143 Å². The van der Waals surface area contributed by atoms with Gasteiger partial charge in [-0.05, 0) is 31.2 Å². The van der Waals surface area contributed by atoms with Crippen molar-refractivity contribution in [3.05, 3.63) is 77.5 Å². The molecule has 0 spiro atoms. The molecule has 11 nitrogen and oxygen atoms in total. The Labute approximate surface area is 198 Å². The van der Waals surface area contributed by atoms with E-state index in [9.17, 15) is 22.0 Å². The number of rotatable bonds is 9. The minimum atomic E-state index is -4.06. The van der Waals surface area contributed by atoms with Gasteiger partial charge < -0.3 is 10.1 Å². The van der Waals surface area contributed by atoms with Gasteiger partial charge in [0.15, 0.2) is 11.4 Å². The molecule has 14 heteroatoms. The SMILES string of the molecule is Cc1nc2c(OCc3c(F)cccc3F)cccn2c1C(=O)Nc1cnn(CCOS(N)(=O)=O)c1. The number of hydrogen-bond donors (Lipinski definition) is 2. The van der Waals surface area contributed by atoms with Gasteiger partial charge in [0, 0.05) is 12.4 Å². The minimum Gasteiger partial charge on any atom is -0.485 e. The van der Waals surface area contributed by atoms with E-state index in [2.05, 4.69) is 19.6 Å². The van der Waals surface area contributed by atoms with Crippen molar-refractivity contribution in [3.8, 4) is 5.75 Å². The summed E-state index contributed by atoms with van der Waals surface area (Å²) >= 11 is 0. The number of amides is 1. The number of pyridine rings is 1. The van der Waals surface area contributed by atoms with Gasteiger partial charge in [0.1, 0.15) is 23.9 Å². The van der Waals surface area contributed by atoms with Crippen LogP contribution in [-0.2, 0) is 27.6 Å². The second kappa shape index (κ2) is 9.77. The molecule has 3 N–H and O–H groups in total. The average Bonchev–Trinajstić information content (AvgIpc) is 3.35. The molecule has 184 valence electrons. The number of nitrogens with one attached hydrogen (secondary N) is 1. The van der Waals surface area contributed by atoms with E-state index in [0.29, 0.717) is 17.0 Å². The fourth-order valence-electron chi connectivity index (χ4n) is 3.35. The lowest BCUT2D eigenvalue weighted by Crippen LogP contribution is -2.19. The van der Waals surface area contributed by atoms with Crippen LogP contribution < -0.4 is 15.2 Å². The Bertz CT molecular complexity index is 1480. The van der Waals surface area contributed by atoms with Crippen molar-refractivity contribution >= 4 is 27.5 Å². The van der Waals surface area contributed by atoms with Gasteiger partial charge in [-0.3, -0.25) is 18.1 Å². The molecule has 0 radical (unpaired) electrons. The number of carbonyl (C=O) groups excluding carboxylic acids is 1. The van der Waals surface area contributed by atoms with Crippen LogP contribution in [0.2, 0.25) is 0 Å². The molecule has 0 aliphatic carbocycles. The van der Waals surface area contributed by atoms with E-state index in [1.165, 1.54) is 27.5 Å². The molecule has 3 aromatic heterocycles. The zero-order valence-electron chi connectivity index (χ0n) is 18.3. The first-order chi connectivity index (χ1) is 16.6. The summed E-state index contributed by atoms with van der Waals surface area (Å²) in [5.41, 5.74) is 1.03. The molecule has 35 heavy (non-hydrogen) atoms. The summed E-state index contributed by atoms with van der Waals surface area (Å²) in [5.74, 6) is -1.71. The summed E-state index contributed by atoms with van der Waals surface area (Å²) in [6, 6.07) is 6.73. The van der Waals surface area contributed by atoms with Gasteiger partial charge >= 0.3 is 10.3 Å². The average molecular weight is 506 g/mol. The first-order valence-electron chi connectivity index (χ1n) is 10.2. The Morgan fingerprint density at radius 1 is 1.20 bits per heavy atom. The maximum Gasteiger partial charge on any atom is 0.333 e. The lowest BCUT2D eigenvalue weighted by Gasteiger charge is -2.09. The highest BCUT2D eigenvalue weighted by atomic mass is 32.2. The predicted molar refractivity (Wildman–Crippen MR) is 120 cm³/mol. The molecule has 0 atom stereocenters. The molecule has 0 unspecified atom stereocenters. The minimum absolute atomic E-state index is 0.0875. The van der Waals surface area contributed by atoms with Gasteiger partial charge in [0.25, 0.3) is 5.91 Å². The quantitative estimate of drug-likeness (QED) is 0.354. The summed E-state index contributed by atoms with van der Waals surface area (Å²) in [5, 5.41) is 11.5. The second-order valence-corrected chi connectivity index (χ2v) is 8.58. The number of ether oxygens (including phenoxy) is 1. The number of fused-ring (bicyclic) bond motifs is 1. The highest BCUT2D eigenvalue weighted by Gasteiger charge is 2.20. The summed E-state index contributed by atoms with van der Waals surface area (Å²) < 4.78 is 62.5. The first-order valence-corrected chi connectivity index (χ1v) is 11.6. The monoisotopic (exact) mass is 506 g/mol. The first kappa shape index (κ1) is 24.3. The smallest absolute Gasteiger partial charge is 0.333 e. The number of nitrogens with zero attached hydrogens (tertiary/aromatic N) is 4. The fraction of sp³-hybridized carbons (Fsp3) is 0.190. The summed E-state index contributed by atoms with van der Waals surface area (Å²) in [7, 11) is -4.06. The van der Waals surface area contributed by atoms with Crippen LogP contribution in [0.1, 0.15) is 21.7 Å². The standard InChI is InChI=1S/C21H20F2N6O5S/c1-13-19(21(30)27-14-10-25-28(11-14)8-9-34-35(24,31)32)29-7-3-6-18(20(29)26-13)33-12-15-16(22)4-2-5-17(15)23/h2-7,10-11H,8-9,12H2,1H3,(H,27,30)(H2,24,31,32). The van der Waals surface area contributed by atoms with Gasteiger partial charge in [-0.15, -0.1) is 0 Å². The molecule has 0 saturated carbocycles. The fourth-order valence-corrected chi connectivity index (χ4v) is 3.66. The Balaban J connectivity index is 1.50. The van der Waals surface area contributed by atoms with Gasteiger partial charge in [-0.2, -0.15) is 13.5 Å². The number of anilines is 1. The summed E-state index contributed by atoms with van der Waals surface area (Å²) in [6.45, 7) is 1.14. The Hall–Kier alpha value is -3.88. The van der Waals surface area contributed by atoms with Crippen molar-refractivity contribution in [2.24, 2.45) is 5.14 Å². The highest BCUT2D eigenvalue weighted by Crippen LogP contribution is 2.24. The van der Waals surface area contributed by atoms with Crippen molar-refractivity contribution in [2.45, 2.75) is 20.1 Å². The van der Waals surface area contributed by atoms with Crippen molar-refractivity contribution in [1.82, 2.24) is 19.2 Å². The molecular weight excluding hydrogens is 486 g/mol. The largest absolute Gasteiger partial charge is 0.485 e. The van der Waals surface area contributed by atoms with E-state index in [4.69, 9.17) is 9.88 Å². The number of carbonyl (C=O) groups is 1. The van der Waals surface area contributed by atoms with Crippen LogP contribution in [0.15, 0.2) is 48.9 Å². The maximum absolute atomic E-state index is 13.9. The van der Waals surface area contributed by atoms with Crippen LogP contribution in [-0.4, -0.2) is 40.1 Å². The number of nitrogens with two attached hydrogens (primary N) is 1. The van der Waals surface area contributed by atoms with E-state index in [0.717, 1.165) is 12.1 Å². The Kier molecular flexibility index (Phi) is 6.77. The normalized spacial score (nSPS) is 11.7. The van der Waals surface area contributed by atoms with E-state index in [1.54, 1.807) is 25.3 Å². The summed E-state index contributed by atoms with van der Waals surface area (Å²) in [4.78, 5) is 17.4. The molecule has 3 heterocycles. The number of hydrogen-bond acceptors (Lipinski definition) is 7. The van der Waals surface area contributed by atoms with Gasteiger partial charge in [0.05, 0.1) is 36.3 Å². The third-order valence-electron chi connectivity index (χ3n) is 4.90. The molecule has 0 aliphatic rings. The van der Waals surface area contributed by atoms with Gasteiger partial charge in [-0.25, -0.2) is 18.9 Å². The van der Waals surface area contributed by atoms with E-state index < -0.39 is 27.8 Å². The second-order valence-electron chi connectivity index (χ2n) is 7.36. The Morgan fingerprint density at radius 3 is 2.66 bits per heavy atom. The molecule has 1 amide bonds. The van der Waals surface area contributed by atoms with E-state index >= 15 is 0 Å². The third kappa shape index (κ3) is 5.62. The number of halogens is 2. The van der Waals surface area contributed by atoms with E-state index in [1.807, 2.05) is 0 Å². The van der Waals surface area contributed by atoms with Crippen LogP contribution in [0.25, 0.3) is 5.65 Å². The van der Waals surface area contributed by atoms with Crippen molar-refractivity contribution in [2.75, 3.05) is 11.9 Å². The van der Waals surface area contributed by atoms with Crippen LogP contribution in [0.4, 0.5) is 14.5 Å². The molecule has 0 bridgehead atoms. The molecule has 1 aromatic carbocycles. The lowest BCUT2D eigenvalue weighted by atomic mass is 10.2. The molecule has 4 rings (SSSR count). The Morgan fingerprint density at radius 2 is 1.94 bits per heavy atom. The number of aromatic nitrogens is 4. The van der Waals surface area contributed by atoms with E-state index in [-0.39, 0.29) is 36.8 Å². The molecule has 0 saturated heterocycles. The maximum atomic E-state index is 13.9. The molecule has 4 aromatic rings. The number of aryl methyl sites for hydroxylation is 1. The van der Waals surface area contributed by atoms with Crippen molar-refractivity contribution in [3.63, 3.8) is 0 Å². The summed E-state index contributed by atoms with van der Waals surface area (Å²) in [6.07, 6.45) is 4.47. The van der Waals surface area contributed by atoms with Gasteiger partial charge in [-0.1, -0.05) is 6.07 Å². The number of benzene rings is 1. The molecule has 0 fully saturated rings. The van der Waals surface area contributed by atoms with Crippen LogP contribution in [0.5, 0.6) is 5.75 Å². The predicted octanol–water partition coefficient (Wildman–Crippen LogP) is 2.17.